The van der Waals surface area contributed by atoms with Gasteiger partial charge < -0.3 is 10.4 Å². The van der Waals surface area contributed by atoms with E-state index in [1.54, 1.807) is 12.1 Å². The number of hydrogen-bond acceptors (Lipinski definition) is 2. The molecule has 0 fully saturated rings. The Balaban J connectivity index is 2.88. The highest BCUT2D eigenvalue weighted by Gasteiger charge is 2.11. The Kier molecular flexibility index (Phi) is 5.70. The van der Waals surface area contributed by atoms with Crippen LogP contribution in [0.5, 0.6) is 0 Å². The Morgan fingerprint density at radius 3 is 2.12 bits per heavy atom. The molecular formula is C9H6I3NO3. The number of carboxylic acid groups (broad SMARTS) is 1. The van der Waals surface area contributed by atoms with Crippen LogP contribution in [-0.2, 0) is 4.79 Å². The lowest BCUT2D eigenvalue weighted by atomic mass is 10.2. The van der Waals surface area contributed by atoms with Gasteiger partial charge in [0.2, 0.25) is 0 Å². The van der Waals surface area contributed by atoms with Crippen LogP contribution in [0, 0.1) is 10.7 Å². The number of nitrogens with one attached hydrogen (secondary N) is 1. The van der Waals surface area contributed by atoms with E-state index < -0.39 is 5.97 Å². The third-order valence-electron chi connectivity index (χ3n) is 1.65. The molecule has 86 valence electrons. The fourth-order valence-electron chi connectivity index (χ4n) is 0.945. The Morgan fingerprint density at radius 2 is 1.69 bits per heavy atom. The molecule has 1 aromatic carbocycles. The third kappa shape index (κ3) is 3.98. The summed E-state index contributed by atoms with van der Waals surface area (Å²) >= 11 is 6.48. The second kappa shape index (κ2) is 6.33. The molecule has 0 atom stereocenters. The standard InChI is InChI=1S/C9H6I3NO3/c10-5-1-4(2-6(11)8(5)12)9(16)13-3-7(14)15/h1-2H,3H2,(H,13,16)(H,14,15). The lowest BCUT2D eigenvalue weighted by Gasteiger charge is -2.06. The van der Waals surface area contributed by atoms with Crippen molar-refractivity contribution in [3.05, 3.63) is 28.4 Å². The summed E-state index contributed by atoms with van der Waals surface area (Å²) in [6.45, 7) is -0.363. The Hall–Kier alpha value is 0.350. The molecule has 0 aliphatic rings. The highest BCUT2D eigenvalue weighted by atomic mass is 127. The number of aliphatic carboxylic acids is 1. The molecule has 0 saturated carbocycles. The lowest BCUT2D eigenvalue weighted by molar-refractivity contribution is -0.135. The molecule has 16 heavy (non-hydrogen) atoms. The van der Waals surface area contributed by atoms with E-state index in [4.69, 9.17) is 5.11 Å². The second-order valence-electron chi connectivity index (χ2n) is 2.83. The van der Waals surface area contributed by atoms with Crippen LogP contribution in [0.4, 0.5) is 0 Å². The molecule has 0 unspecified atom stereocenters. The molecular weight excluding hydrogens is 551 g/mol. The zero-order valence-corrected chi connectivity index (χ0v) is 14.2. The number of amides is 1. The van der Waals surface area contributed by atoms with Gasteiger partial charge in [0, 0.05) is 16.3 Å². The van der Waals surface area contributed by atoms with Crippen molar-refractivity contribution in [1.29, 1.82) is 0 Å². The van der Waals surface area contributed by atoms with Gasteiger partial charge in [0.1, 0.15) is 6.54 Å². The van der Waals surface area contributed by atoms with Crippen molar-refractivity contribution in [3.63, 3.8) is 0 Å². The minimum atomic E-state index is -1.05. The maximum absolute atomic E-state index is 11.6. The molecule has 0 aliphatic heterocycles. The maximum Gasteiger partial charge on any atom is 0.322 e. The first-order chi connectivity index (χ1) is 7.41. The van der Waals surface area contributed by atoms with Gasteiger partial charge in [-0.15, -0.1) is 0 Å². The summed E-state index contributed by atoms with van der Waals surface area (Å²) in [5.74, 6) is -1.42. The van der Waals surface area contributed by atoms with Gasteiger partial charge in [-0.3, -0.25) is 9.59 Å². The van der Waals surface area contributed by atoms with Crippen molar-refractivity contribution in [2.45, 2.75) is 0 Å². The van der Waals surface area contributed by atoms with Crippen molar-refractivity contribution >= 4 is 79.6 Å². The van der Waals surface area contributed by atoms with Crippen LogP contribution in [-0.4, -0.2) is 23.5 Å². The summed E-state index contributed by atoms with van der Waals surface area (Å²) in [6.07, 6.45) is 0. The number of carboxylic acids is 1. The average molecular weight is 557 g/mol. The topological polar surface area (TPSA) is 66.4 Å². The molecule has 0 aromatic heterocycles. The average Bonchev–Trinajstić information content (AvgIpc) is 2.21. The van der Waals surface area contributed by atoms with Gasteiger partial charge in [0.15, 0.2) is 0 Å². The molecule has 1 rings (SSSR count). The first kappa shape index (κ1) is 14.4. The van der Waals surface area contributed by atoms with Gasteiger partial charge in [0.05, 0.1) is 0 Å². The van der Waals surface area contributed by atoms with E-state index in [1.807, 2.05) is 0 Å². The summed E-state index contributed by atoms with van der Waals surface area (Å²) in [7, 11) is 0. The lowest BCUT2D eigenvalue weighted by Crippen LogP contribution is -2.29. The molecule has 7 heteroatoms. The van der Waals surface area contributed by atoms with Crippen LogP contribution in [0.25, 0.3) is 0 Å². The van der Waals surface area contributed by atoms with Crippen LogP contribution < -0.4 is 5.32 Å². The van der Waals surface area contributed by atoms with Gasteiger partial charge in [0.25, 0.3) is 5.91 Å². The minimum absolute atomic E-state index is 0.363. The Bertz CT molecular complexity index is 425. The molecule has 1 amide bonds. The molecule has 2 N–H and O–H groups in total. The van der Waals surface area contributed by atoms with Gasteiger partial charge in [-0.05, 0) is 79.9 Å². The van der Waals surface area contributed by atoms with Crippen molar-refractivity contribution < 1.29 is 14.7 Å². The second-order valence-corrected chi connectivity index (χ2v) is 6.23. The van der Waals surface area contributed by atoms with Crippen LogP contribution in [0.15, 0.2) is 12.1 Å². The van der Waals surface area contributed by atoms with Gasteiger partial charge >= 0.3 is 5.97 Å². The van der Waals surface area contributed by atoms with E-state index in [1.165, 1.54) is 0 Å². The fourth-order valence-corrected chi connectivity index (χ4v) is 3.02. The number of benzene rings is 1. The SMILES string of the molecule is O=C(O)CNC(=O)c1cc(I)c(I)c(I)c1. The van der Waals surface area contributed by atoms with E-state index in [9.17, 15) is 9.59 Å². The number of hydrogen-bond donors (Lipinski definition) is 2. The molecule has 1 aromatic rings. The molecule has 0 spiro atoms. The molecule has 4 nitrogen and oxygen atoms in total. The predicted octanol–water partition coefficient (Wildman–Crippen LogP) is 2.31. The highest BCUT2D eigenvalue weighted by molar-refractivity contribution is 14.1. The quantitative estimate of drug-likeness (QED) is 0.444. The van der Waals surface area contributed by atoms with E-state index in [0.717, 1.165) is 10.7 Å². The summed E-state index contributed by atoms with van der Waals surface area (Å²) in [5.41, 5.74) is 0.482. The third-order valence-corrected chi connectivity index (χ3v) is 6.57. The van der Waals surface area contributed by atoms with Gasteiger partial charge in [-0.2, -0.15) is 0 Å². The zero-order chi connectivity index (χ0) is 12.3. The molecule has 0 saturated heterocycles. The minimum Gasteiger partial charge on any atom is -0.480 e. The Morgan fingerprint density at radius 1 is 1.19 bits per heavy atom. The van der Waals surface area contributed by atoms with Crippen LogP contribution in [0.3, 0.4) is 0 Å². The maximum atomic E-state index is 11.6. The molecule has 0 radical (unpaired) electrons. The summed E-state index contributed by atoms with van der Waals surface area (Å²) in [6, 6.07) is 3.48. The van der Waals surface area contributed by atoms with Crippen molar-refractivity contribution in [2.24, 2.45) is 0 Å². The molecule has 0 aliphatic carbocycles. The number of carbonyl (C=O) groups is 2. The fraction of sp³-hybridized carbons (Fsp3) is 0.111. The number of halogens is 3. The number of rotatable bonds is 3. The van der Waals surface area contributed by atoms with Gasteiger partial charge in [-0.1, -0.05) is 0 Å². The van der Waals surface area contributed by atoms with Crippen molar-refractivity contribution in [3.8, 4) is 0 Å². The summed E-state index contributed by atoms with van der Waals surface area (Å²) in [5, 5.41) is 10.8. The predicted molar refractivity (Wildman–Crippen MR) is 84.6 cm³/mol. The summed E-state index contributed by atoms with van der Waals surface area (Å²) < 4.78 is 3.05. The van der Waals surface area contributed by atoms with E-state index >= 15 is 0 Å². The highest BCUT2D eigenvalue weighted by Crippen LogP contribution is 2.23. The largest absolute Gasteiger partial charge is 0.480 e. The smallest absolute Gasteiger partial charge is 0.322 e. The first-order valence-corrected chi connectivity index (χ1v) is 7.30. The van der Waals surface area contributed by atoms with Crippen molar-refractivity contribution in [1.82, 2.24) is 5.32 Å². The van der Waals surface area contributed by atoms with E-state index in [0.29, 0.717) is 5.56 Å². The van der Waals surface area contributed by atoms with Crippen LogP contribution >= 0.6 is 67.8 Å². The van der Waals surface area contributed by atoms with Crippen molar-refractivity contribution in [2.75, 3.05) is 6.54 Å². The molecule has 0 heterocycles. The zero-order valence-electron chi connectivity index (χ0n) is 7.76. The molecule has 0 bridgehead atoms. The Labute approximate surface area is 133 Å². The van der Waals surface area contributed by atoms with E-state index in [2.05, 4.69) is 73.1 Å². The van der Waals surface area contributed by atoms with Crippen LogP contribution in [0.1, 0.15) is 10.4 Å². The number of carbonyl (C=O) groups excluding carboxylic acids is 1. The van der Waals surface area contributed by atoms with Gasteiger partial charge in [-0.25, -0.2) is 0 Å². The monoisotopic (exact) mass is 557 g/mol. The van der Waals surface area contributed by atoms with E-state index in [-0.39, 0.29) is 12.5 Å². The normalized spacial score (nSPS) is 9.94. The summed E-state index contributed by atoms with van der Waals surface area (Å²) in [4.78, 5) is 21.9. The first-order valence-electron chi connectivity index (χ1n) is 4.06. The van der Waals surface area contributed by atoms with Crippen LogP contribution in [0.2, 0.25) is 0 Å².